The van der Waals surface area contributed by atoms with Crippen molar-refractivity contribution in [1.29, 1.82) is 0 Å². The van der Waals surface area contributed by atoms with E-state index in [-0.39, 0.29) is 0 Å². The van der Waals surface area contributed by atoms with E-state index in [2.05, 4.69) is 42.0 Å². The molecular formula is C18H17ClN2O2S2. The van der Waals surface area contributed by atoms with Gasteiger partial charge in [0.05, 0.1) is 5.39 Å². The largest absolute Gasteiger partial charge is 0.480 e. The lowest BCUT2D eigenvalue weighted by molar-refractivity contribution is -0.136. The molecule has 0 amide bonds. The number of carboxylic acid groups (broad SMARTS) is 1. The van der Waals surface area contributed by atoms with E-state index in [4.69, 9.17) is 16.7 Å². The van der Waals surface area contributed by atoms with Crippen molar-refractivity contribution in [3.8, 4) is 11.1 Å². The minimum Gasteiger partial charge on any atom is -0.480 e. The minimum atomic E-state index is -0.900. The van der Waals surface area contributed by atoms with Crippen LogP contribution >= 0.6 is 34.7 Å². The van der Waals surface area contributed by atoms with Gasteiger partial charge in [0, 0.05) is 10.4 Å². The van der Waals surface area contributed by atoms with Crippen LogP contribution in [0.1, 0.15) is 22.9 Å². The third-order valence-corrected chi connectivity index (χ3v) is 6.31. The molecule has 0 fully saturated rings. The molecule has 0 aliphatic rings. The van der Waals surface area contributed by atoms with Crippen molar-refractivity contribution in [2.75, 3.05) is 0 Å². The fraction of sp³-hybridized carbons (Fsp3) is 0.278. The fourth-order valence-electron chi connectivity index (χ4n) is 2.56. The number of aromatic nitrogens is 2. The van der Waals surface area contributed by atoms with E-state index in [0.29, 0.717) is 10.3 Å². The van der Waals surface area contributed by atoms with Crippen LogP contribution in [0.3, 0.4) is 0 Å². The summed E-state index contributed by atoms with van der Waals surface area (Å²) in [6, 6.07) is 6.33. The predicted octanol–water partition coefficient (Wildman–Crippen LogP) is 5.50. The first-order valence-corrected chi connectivity index (χ1v) is 9.79. The number of hydrogen-bond acceptors (Lipinski definition) is 5. The number of aryl methyl sites for hydroxylation is 3. The molecule has 0 bridgehead atoms. The Bertz CT molecular complexity index is 985. The molecule has 130 valence electrons. The van der Waals surface area contributed by atoms with Crippen molar-refractivity contribution in [3.05, 3.63) is 39.4 Å². The molecule has 1 aromatic carbocycles. The summed E-state index contributed by atoms with van der Waals surface area (Å²) in [6.45, 7) is 7.82. The Kier molecular flexibility index (Phi) is 5.04. The summed E-state index contributed by atoms with van der Waals surface area (Å²) in [5.74, 6) is -0.900. The van der Waals surface area contributed by atoms with Gasteiger partial charge < -0.3 is 5.11 Å². The average Bonchev–Trinajstić information content (AvgIpc) is 2.86. The van der Waals surface area contributed by atoms with Gasteiger partial charge in [-0.1, -0.05) is 41.6 Å². The first-order chi connectivity index (χ1) is 11.8. The van der Waals surface area contributed by atoms with Crippen molar-refractivity contribution in [2.24, 2.45) is 0 Å². The Balaban J connectivity index is 2.14. The highest BCUT2D eigenvalue weighted by Crippen LogP contribution is 2.41. The van der Waals surface area contributed by atoms with E-state index in [1.54, 1.807) is 18.3 Å². The number of carboxylic acids is 1. The van der Waals surface area contributed by atoms with Crippen molar-refractivity contribution in [3.63, 3.8) is 0 Å². The van der Waals surface area contributed by atoms with Crippen LogP contribution < -0.4 is 0 Å². The molecule has 3 rings (SSSR count). The van der Waals surface area contributed by atoms with E-state index in [1.165, 1.54) is 11.1 Å². The predicted molar refractivity (Wildman–Crippen MR) is 105 cm³/mol. The normalized spacial score (nSPS) is 12.5. The molecule has 2 heterocycles. The van der Waals surface area contributed by atoms with Crippen LogP contribution in [0, 0.1) is 20.8 Å². The summed E-state index contributed by atoms with van der Waals surface area (Å²) in [5, 5.41) is 10.0. The zero-order valence-electron chi connectivity index (χ0n) is 14.3. The van der Waals surface area contributed by atoms with Gasteiger partial charge in [-0.25, -0.2) is 9.97 Å². The van der Waals surface area contributed by atoms with E-state index in [9.17, 15) is 4.79 Å². The summed E-state index contributed by atoms with van der Waals surface area (Å²) < 4.78 is 0. The maximum atomic E-state index is 11.0. The molecule has 1 unspecified atom stereocenters. The van der Waals surface area contributed by atoms with Crippen molar-refractivity contribution < 1.29 is 9.90 Å². The Hall–Kier alpha value is -1.63. The second-order valence-corrected chi connectivity index (χ2v) is 8.78. The van der Waals surface area contributed by atoms with E-state index in [0.717, 1.165) is 38.0 Å². The topological polar surface area (TPSA) is 63.1 Å². The van der Waals surface area contributed by atoms with Crippen LogP contribution in [0.4, 0.5) is 0 Å². The lowest BCUT2D eigenvalue weighted by Gasteiger charge is -2.08. The van der Waals surface area contributed by atoms with Gasteiger partial charge in [-0.2, -0.15) is 0 Å². The SMILES string of the molecule is Cc1ccc(-c2c(C)sc3nc(SC(C)C(=O)O)nc(Cl)c23)cc1C. The smallest absolute Gasteiger partial charge is 0.316 e. The molecule has 0 saturated carbocycles. The quantitative estimate of drug-likeness (QED) is 0.360. The maximum Gasteiger partial charge on any atom is 0.316 e. The van der Waals surface area contributed by atoms with Gasteiger partial charge in [0.15, 0.2) is 5.16 Å². The zero-order chi connectivity index (χ0) is 18.3. The first kappa shape index (κ1) is 18.2. The molecule has 0 aliphatic heterocycles. The monoisotopic (exact) mass is 392 g/mol. The van der Waals surface area contributed by atoms with Crippen LogP contribution in [0.2, 0.25) is 5.15 Å². The lowest BCUT2D eigenvalue weighted by Crippen LogP contribution is -2.11. The summed E-state index contributed by atoms with van der Waals surface area (Å²) >= 11 is 9.11. The summed E-state index contributed by atoms with van der Waals surface area (Å²) in [4.78, 5) is 21.8. The Morgan fingerprint density at radius 2 is 1.96 bits per heavy atom. The molecule has 0 saturated heterocycles. The number of rotatable bonds is 4. The maximum absolute atomic E-state index is 11.0. The van der Waals surface area contributed by atoms with Crippen LogP contribution in [-0.4, -0.2) is 26.3 Å². The molecule has 1 N–H and O–H groups in total. The number of nitrogens with zero attached hydrogens (tertiary/aromatic N) is 2. The summed E-state index contributed by atoms with van der Waals surface area (Å²) in [7, 11) is 0. The van der Waals surface area contributed by atoms with E-state index >= 15 is 0 Å². The van der Waals surface area contributed by atoms with Gasteiger partial charge in [-0.15, -0.1) is 11.3 Å². The molecule has 25 heavy (non-hydrogen) atoms. The van der Waals surface area contributed by atoms with Crippen LogP contribution in [0.15, 0.2) is 23.4 Å². The molecule has 0 spiro atoms. The molecule has 3 aromatic rings. The number of fused-ring (bicyclic) bond motifs is 1. The number of hydrogen-bond donors (Lipinski definition) is 1. The lowest BCUT2D eigenvalue weighted by atomic mass is 9.99. The van der Waals surface area contributed by atoms with Crippen LogP contribution in [-0.2, 0) is 4.79 Å². The molecule has 4 nitrogen and oxygen atoms in total. The molecule has 7 heteroatoms. The summed E-state index contributed by atoms with van der Waals surface area (Å²) in [5.41, 5.74) is 4.60. The highest BCUT2D eigenvalue weighted by atomic mass is 35.5. The molecule has 1 atom stereocenters. The van der Waals surface area contributed by atoms with Crippen molar-refractivity contribution >= 4 is 50.9 Å². The van der Waals surface area contributed by atoms with Crippen molar-refractivity contribution in [2.45, 2.75) is 38.1 Å². The fourth-order valence-corrected chi connectivity index (χ4v) is 4.74. The molecule has 0 radical (unpaired) electrons. The van der Waals surface area contributed by atoms with Gasteiger partial charge in [-0.3, -0.25) is 4.79 Å². The van der Waals surface area contributed by atoms with Gasteiger partial charge >= 0.3 is 5.97 Å². The Labute approximate surface area is 159 Å². The Morgan fingerprint density at radius 1 is 1.24 bits per heavy atom. The molecular weight excluding hydrogens is 376 g/mol. The van der Waals surface area contributed by atoms with Crippen molar-refractivity contribution in [1.82, 2.24) is 9.97 Å². The number of thiophene rings is 1. The van der Waals surface area contributed by atoms with Crippen LogP contribution in [0.25, 0.3) is 21.3 Å². The third kappa shape index (κ3) is 3.52. The zero-order valence-corrected chi connectivity index (χ0v) is 16.6. The second kappa shape index (κ2) is 6.94. The van der Waals surface area contributed by atoms with Gasteiger partial charge in [0.2, 0.25) is 0 Å². The summed E-state index contributed by atoms with van der Waals surface area (Å²) in [6.07, 6.45) is 0. The second-order valence-electron chi connectivity index (χ2n) is 5.91. The van der Waals surface area contributed by atoms with Gasteiger partial charge in [-0.05, 0) is 44.4 Å². The standard InChI is InChI=1S/C18H17ClN2O2S2/c1-8-5-6-12(7-9(8)2)13-10(3)24-16-14(13)15(19)20-18(21-16)25-11(4)17(22)23/h5-7,11H,1-4H3,(H,22,23). The van der Waals surface area contributed by atoms with Gasteiger partial charge in [0.25, 0.3) is 0 Å². The Morgan fingerprint density at radius 3 is 2.60 bits per heavy atom. The number of carbonyl (C=O) groups is 1. The highest BCUT2D eigenvalue weighted by Gasteiger charge is 2.20. The minimum absolute atomic E-state index is 0.364. The molecule has 2 aromatic heterocycles. The van der Waals surface area contributed by atoms with Crippen LogP contribution in [0.5, 0.6) is 0 Å². The highest BCUT2D eigenvalue weighted by molar-refractivity contribution is 8.00. The van der Waals surface area contributed by atoms with E-state index in [1.807, 2.05) is 6.92 Å². The van der Waals surface area contributed by atoms with Gasteiger partial charge in [0.1, 0.15) is 15.2 Å². The number of halogens is 1. The number of aliphatic carboxylic acids is 1. The first-order valence-electron chi connectivity index (χ1n) is 7.71. The number of benzene rings is 1. The average molecular weight is 393 g/mol. The number of thioether (sulfide) groups is 1. The molecule has 0 aliphatic carbocycles. The third-order valence-electron chi connectivity index (χ3n) is 4.09. The van der Waals surface area contributed by atoms with E-state index < -0.39 is 11.2 Å².